The average Bonchev–Trinajstić information content (AvgIpc) is 2.53. The molecular formula is C17H17ClN4O. The summed E-state index contributed by atoms with van der Waals surface area (Å²) in [5.74, 6) is 0.781. The third-order valence-electron chi connectivity index (χ3n) is 3.67. The lowest BCUT2D eigenvalue weighted by atomic mass is 9.96. The zero-order chi connectivity index (χ0) is 16.4. The number of halogens is 1. The molecule has 0 amide bonds. The minimum absolute atomic E-state index is 0.227. The summed E-state index contributed by atoms with van der Waals surface area (Å²) >= 11 is 5.98. The highest BCUT2D eigenvalue weighted by Gasteiger charge is 2.23. The smallest absolute Gasteiger partial charge is 0.225 e. The van der Waals surface area contributed by atoms with Crippen molar-refractivity contribution in [2.24, 2.45) is 0 Å². The summed E-state index contributed by atoms with van der Waals surface area (Å²) in [4.78, 5) is 8.64. The van der Waals surface area contributed by atoms with Crippen molar-refractivity contribution in [1.29, 1.82) is 0 Å². The Hall–Kier alpha value is -2.37. The van der Waals surface area contributed by atoms with E-state index < -0.39 is 5.60 Å². The van der Waals surface area contributed by atoms with Crippen LogP contribution in [0, 0.1) is 0 Å². The fraction of sp³-hybridized carbons (Fsp3) is 0.176. The molecule has 1 unspecified atom stereocenters. The molecule has 0 saturated heterocycles. The van der Waals surface area contributed by atoms with Gasteiger partial charge in [0.1, 0.15) is 11.4 Å². The number of nitrogen functional groups attached to an aromatic ring is 1. The lowest BCUT2D eigenvalue weighted by Gasteiger charge is -2.24. The predicted molar refractivity (Wildman–Crippen MR) is 93.5 cm³/mol. The molecule has 0 radical (unpaired) electrons. The molecule has 0 aliphatic rings. The first-order valence-corrected chi connectivity index (χ1v) is 7.58. The Kier molecular flexibility index (Phi) is 4.07. The maximum absolute atomic E-state index is 10.6. The monoisotopic (exact) mass is 328 g/mol. The van der Waals surface area contributed by atoms with Gasteiger partial charge in [0.15, 0.2) is 0 Å². The van der Waals surface area contributed by atoms with E-state index in [0.717, 1.165) is 10.9 Å². The third-order valence-corrected chi connectivity index (χ3v) is 3.91. The molecule has 5 nitrogen and oxygen atoms in total. The largest absolute Gasteiger partial charge is 0.384 e. The van der Waals surface area contributed by atoms with E-state index in [2.05, 4.69) is 15.3 Å². The van der Waals surface area contributed by atoms with Gasteiger partial charge in [0, 0.05) is 10.4 Å². The molecular weight excluding hydrogens is 312 g/mol. The predicted octanol–water partition coefficient (Wildman–Crippen LogP) is 3.19. The number of para-hydroxylation sites is 1. The maximum Gasteiger partial charge on any atom is 0.225 e. The summed E-state index contributed by atoms with van der Waals surface area (Å²) in [5, 5.41) is 15.1. The summed E-state index contributed by atoms with van der Waals surface area (Å²) < 4.78 is 0. The van der Waals surface area contributed by atoms with Crippen LogP contribution in [0.2, 0.25) is 5.02 Å². The summed E-state index contributed by atoms with van der Waals surface area (Å²) in [6.45, 7) is 1.93. The molecule has 0 fully saturated rings. The number of nitrogens with zero attached hydrogens (tertiary/aromatic N) is 2. The van der Waals surface area contributed by atoms with Gasteiger partial charge in [0.2, 0.25) is 5.95 Å². The first-order chi connectivity index (χ1) is 11.0. The first kappa shape index (κ1) is 15.5. The topological polar surface area (TPSA) is 84.1 Å². The standard InChI is InChI=1S/C17H17ClN4O/c1-17(23,11-5-4-6-12(18)9-11)10-20-16-21-14-8-3-2-7-13(14)15(19)22-16/h2-9,23H,10H2,1H3,(H3,19,20,21,22). The fourth-order valence-electron chi connectivity index (χ4n) is 2.36. The van der Waals surface area contributed by atoms with E-state index in [1.165, 1.54) is 0 Å². The number of aliphatic hydroxyl groups is 1. The molecule has 23 heavy (non-hydrogen) atoms. The van der Waals surface area contributed by atoms with Crippen molar-refractivity contribution in [3.63, 3.8) is 0 Å². The first-order valence-electron chi connectivity index (χ1n) is 7.20. The van der Waals surface area contributed by atoms with Gasteiger partial charge < -0.3 is 16.2 Å². The second-order valence-electron chi connectivity index (χ2n) is 5.59. The van der Waals surface area contributed by atoms with Crippen LogP contribution >= 0.6 is 11.6 Å². The van der Waals surface area contributed by atoms with E-state index in [1.807, 2.05) is 30.3 Å². The van der Waals surface area contributed by atoms with Crippen molar-refractivity contribution in [3.05, 3.63) is 59.1 Å². The van der Waals surface area contributed by atoms with Crippen LogP contribution in [0.5, 0.6) is 0 Å². The van der Waals surface area contributed by atoms with Crippen molar-refractivity contribution in [1.82, 2.24) is 9.97 Å². The Labute approximate surface area is 139 Å². The minimum atomic E-state index is -1.12. The maximum atomic E-state index is 10.6. The highest BCUT2D eigenvalue weighted by atomic mass is 35.5. The molecule has 0 spiro atoms. The fourth-order valence-corrected chi connectivity index (χ4v) is 2.55. The van der Waals surface area contributed by atoms with Gasteiger partial charge in [-0.15, -0.1) is 0 Å². The Morgan fingerprint density at radius 3 is 2.74 bits per heavy atom. The van der Waals surface area contributed by atoms with Crippen LogP contribution in [0.1, 0.15) is 12.5 Å². The van der Waals surface area contributed by atoms with Crippen LogP contribution < -0.4 is 11.1 Å². The van der Waals surface area contributed by atoms with E-state index in [-0.39, 0.29) is 6.54 Å². The van der Waals surface area contributed by atoms with E-state index in [0.29, 0.717) is 22.4 Å². The minimum Gasteiger partial charge on any atom is -0.384 e. The number of rotatable bonds is 4. The number of benzene rings is 2. The SMILES string of the molecule is CC(O)(CNc1nc(N)c2ccccc2n1)c1cccc(Cl)c1. The summed E-state index contributed by atoms with van der Waals surface area (Å²) in [6, 6.07) is 14.6. The quantitative estimate of drug-likeness (QED) is 0.685. The summed E-state index contributed by atoms with van der Waals surface area (Å²) in [5.41, 5.74) is 6.31. The molecule has 3 rings (SSSR count). The van der Waals surface area contributed by atoms with Gasteiger partial charge in [-0.25, -0.2) is 4.98 Å². The number of aromatic nitrogens is 2. The van der Waals surface area contributed by atoms with Crippen molar-refractivity contribution in [3.8, 4) is 0 Å². The van der Waals surface area contributed by atoms with Crippen LogP contribution in [0.3, 0.4) is 0 Å². The second-order valence-corrected chi connectivity index (χ2v) is 6.02. The molecule has 118 valence electrons. The normalized spacial score (nSPS) is 13.7. The Balaban J connectivity index is 1.82. The lowest BCUT2D eigenvalue weighted by molar-refractivity contribution is 0.0713. The zero-order valence-electron chi connectivity index (χ0n) is 12.6. The van der Waals surface area contributed by atoms with Gasteiger partial charge in [-0.2, -0.15) is 4.98 Å². The Bertz CT molecular complexity index is 851. The Morgan fingerprint density at radius 2 is 1.96 bits per heavy atom. The molecule has 0 saturated carbocycles. The molecule has 2 aromatic carbocycles. The van der Waals surface area contributed by atoms with Crippen LogP contribution in [0.4, 0.5) is 11.8 Å². The number of anilines is 2. The van der Waals surface area contributed by atoms with Gasteiger partial charge in [-0.1, -0.05) is 35.9 Å². The van der Waals surface area contributed by atoms with E-state index in [4.69, 9.17) is 17.3 Å². The summed E-state index contributed by atoms with van der Waals surface area (Å²) in [6.07, 6.45) is 0. The number of hydrogen-bond donors (Lipinski definition) is 3. The molecule has 1 aromatic heterocycles. The zero-order valence-corrected chi connectivity index (χ0v) is 13.4. The van der Waals surface area contributed by atoms with Crippen molar-refractivity contribution in [2.75, 3.05) is 17.6 Å². The van der Waals surface area contributed by atoms with Crippen LogP contribution in [-0.2, 0) is 5.60 Å². The van der Waals surface area contributed by atoms with Crippen molar-refractivity contribution < 1.29 is 5.11 Å². The van der Waals surface area contributed by atoms with Crippen molar-refractivity contribution in [2.45, 2.75) is 12.5 Å². The molecule has 3 aromatic rings. The molecule has 0 aliphatic carbocycles. The van der Waals surface area contributed by atoms with Gasteiger partial charge in [0.05, 0.1) is 12.1 Å². The molecule has 0 bridgehead atoms. The highest BCUT2D eigenvalue weighted by molar-refractivity contribution is 6.30. The Morgan fingerprint density at radius 1 is 1.17 bits per heavy atom. The molecule has 1 atom stereocenters. The van der Waals surface area contributed by atoms with Crippen molar-refractivity contribution >= 4 is 34.3 Å². The number of nitrogens with two attached hydrogens (primary N) is 1. The second kappa shape index (κ2) is 6.02. The van der Waals surface area contributed by atoms with Gasteiger partial charge in [0.25, 0.3) is 0 Å². The van der Waals surface area contributed by atoms with Gasteiger partial charge >= 0.3 is 0 Å². The van der Waals surface area contributed by atoms with Crippen LogP contribution in [0.25, 0.3) is 10.9 Å². The average molecular weight is 329 g/mol. The van der Waals surface area contributed by atoms with E-state index >= 15 is 0 Å². The molecule has 6 heteroatoms. The van der Waals surface area contributed by atoms with Gasteiger partial charge in [-0.05, 0) is 36.8 Å². The molecule has 4 N–H and O–H groups in total. The van der Waals surface area contributed by atoms with Gasteiger partial charge in [-0.3, -0.25) is 0 Å². The third kappa shape index (κ3) is 3.36. The molecule has 1 heterocycles. The highest BCUT2D eigenvalue weighted by Crippen LogP contribution is 2.24. The number of fused-ring (bicyclic) bond motifs is 1. The van der Waals surface area contributed by atoms with Crippen LogP contribution in [0.15, 0.2) is 48.5 Å². The molecule has 0 aliphatic heterocycles. The summed E-state index contributed by atoms with van der Waals surface area (Å²) in [7, 11) is 0. The van der Waals surface area contributed by atoms with E-state index in [9.17, 15) is 5.11 Å². The lowest BCUT2D eigenvalue weighted by Crippen LogP contribution is -2.31. The number of nitrogens with one attached hydrogen (secondary N) is 1. The number of hydrogen-bond acceptors (Lipinski definition) is 5. The van der Waals surface area contributed by atoms with E-state index in [1.54, 1.807) is 25.1 Å². The van der Waals surface area contributed by atoms with Crippen LogP contribution in [-0.4, -0.2) is 21.6 Å².